The third-order valence-electron chi connectivity index (χ3n) is 4.97. The summed E-state index contributed by atoms with van der Waals surface area (Å²) in [5.74, 6) is 1.06. The Morgan fingerprint density at radius 1 is 1.27 bits per heavy atom. The number of likely N-dealkylation sites (tertiary alicyclic amines) is 1. The highest BCUT2D eigenvalue weighted by atomic mass is 16.2. The van der Waals surface area contributed by atoms with Crippen LogP contribution in [0.5, 0.6) is 0 Å². The summed E-state index contributed by atoms with van der Waals surface area (Å²) in [6.45, 7) is 9.87. The van der Waals surface area contributed by atoms with Crippen molar-refractivity contribution in [2.75, 3.05) is 31.1 Å². The van der Waals surface area contributed by atoms with Gasteiger partial charge in [0, 0.05) is 45.3 Å². The highest BCUT2D eigenvalue weighted by molar-refractivity contribution is 5.81. The van der Waals surface area contributed by atoms with Crippen LogP contribution in [0.4, 0.5) is 5.82 Å². The number of aromatic nitrogens is 1. The highest BCUT2D eigenvalue weighted by Crippen LogP contribution is 2.18. The van der Waals surface area contributed by atoms with E-state index >= 15 is 0 Å². The van der Waals surface area contributed by atoms with Gasteiger partial charge in [-0.1, -0.05) is 13.0 Å². The molecular weight excluding hydrogens is 328 g/mol. The van der Waals surface area contributed by atoms with E-state index in [9.17, 15) is 9.59 Å². The van der Waals surface area contributed by atoms with E-state index < -0.39 is 0 Å². The molecule has 6 nitrogen and oxygen atoms in total. The first-order chi connectivity index (χ1) is 12.6. The molecule has 1 atom stereocenters. The summed E-state index contributed by atoms with van der Waals surface area (Å²) in [5.41, 5.74) is 0.990. The summed E-state index contributed by atoms with van der Waals surface area (Å²) in [5, 5.41) is 3.01. The average molecular weight is 361 g/mol. The molecule has 1 unspecified atom stereocenters. The van der Waals surface area contributed by atoms with E-state index in [1.165, 1.54) is 0 Å². The Balaban J connectivity index is 1.85. The number of hydrogen-bond acceptors (Lipinski definition) is 4. The summed E-state index contributed by atoms with van der Waals surface area (Å²) >= 11 is 0. The van der Waals surface area contributed by atoms with Gasteiger partial charge in [0.15, 0.2) is 0 Å². The quantitative estimate of drug-likeness (QED) is 0.774. The number of carbonyl (C=O) groups excluding carboxylic acids is 2. The lowest BCUT2D eigenvalue weighted by Gasteiger charge is -2.32. The van der Waals surface area contributed by atoms with Gasteiger partial charge in [-0.25, -0.2) is 4.98 Å². The Bertz CT molecular complexity index is 584. The second-order valence-electron chi connectivity index (χ2n) is 6.84. The van der Waals surface area contributed by atoms with Crippen LogP contribution in [0.2, 0.25) is 0 Å². The van der Waals surface area contributed by atoms with Crippen molar-refractivity contribution in [3.05, 3.63) is 23.9 Å². The minimum Gasteiger partial charge on any atom is -0.357 e. The van der Waals surface area contributed by atoms with Crippen LogP contribution in [-0.2, 0) is 16.1 Å². The lowest BCUT2D eigenvalue weighted by molar-refractivity contribution is -0.135. The standard InChI is InChI=1S/C20H32N4O2/c1-4-8-19(25)24-12-7-9-17(15-24)20(26)22-14-16-10-11-18(21-13-16)23(5-2)6-3/h10-11,13,17H,4-9,12,14-15H2,1-3H3,(H,22,26). The molecule has 1 saturated heterocycles. The van der Waals surface area contributed by atoms with E-state index in [4.69, 9.17) is 0 Å². The van der Waals surface area contributed by atoms with Crippen LogP contribution < -0.4 is 10.2 Å². The molecule has 144 valence electrons. The highest BCUT2D eigenvalue weighted by Gasteiger charge is 2.27. The monoisotopic (exact) mass is 360 g/mol. The fourth-order valence-corrected chi connectivity index (χ4v) is 3.38. The number of hydrogen-bond donors (Lipinski definition) is 1. The molecule has 0 aliphatic carbocycles. The number of pyridine rings is 1. The first kappa shape index (κ1) is 20.2. The molecule has 1 aromatic rings. The van der Waals surface area contributed by atoms with Crippen molar-refractivity contribution in [2.45, 2.75) is 53.0 Å². The minimum absolute atomic E-state index is 0.0341. The van der Waals surface area contributed by atoms with Gasteiger partial charge in [-0.2, -0.15) is 0 Å². The largest absolute Gasteiger partial charge is 0.357 e. The van der Waals surface area contributed by atoms with Crippen LogP contribution in [0.3, 0.4) is 0 Å². The van der Waals surface area contributed by atoms with Crippen LogP contribution in [0.25, 0.3) is 0 Å². The third kappa shape index (κ3) is 5.44. The maximum absolute atomic E-state index is 12.5. The molecule has 0 aromatic carbocycles. The molecule has 1 fully saturated rings. The molecule has 1 N–H and O–H groups in total. The zero-order valence-electron chi connectivity index (χ0n) is 16.3. The number of rotatable bonds is 8. The molecule has 0 bridgehead atoms. The van der Waals surface area contributed by atoms with Gasteiger partial charge in [0.25, 0.3) is 0 Å². The van der Waals surface area contributed by atoms with Gasteiger partial charge in [0.2, 0.25) is 11.8 Å². The molecule has 6 heteroatoms. The smallest absolute Gasteiger partial charge is 0.225 e. The summed E-state index contributed by atoms with van der Waals surface area (Å²) < 4.78 is 0. The Labute approximate surface area is 157 Å². The lowest BCUT2D eigenvalue weighted by atomic mass is 9.96. The Morgan fingerprint density at radius 3 is 2.65 bits per heavy atom. The Hall–Kier alpha value is -2.11. The molecule has 1 aliphatic heterocycles. The van der Waals surface area contributed by atoms with Gasteiger partial charge in [0.05, 0.1) is 5.92 Å². The summed E-state index contributed by atoms with van der Waals surface area (Å²) in [7, 11) is 0. The van der Waals surface area contributed by atoms with E-state index in [1.54, 1.807) is 0 Å². The van der Waals surface area contributed by atoms with Gasteiger partial charge in [-0.3, -0.25) is 9.59 Å². The van der Waals surface area contributed by atoms with Gasteiger partial charge in [-0.05, 0) is 44.7 Å². The molecule has 1 aliphatic rings. The van der Waals surface area contributed by atoms with Crippen LogP contribution in [0.15, 0.2) is 18.3 Å². The zero-order chi connectivity index (χ0) is 18.9. The van der Waals surface area contributed by atoms with Gasteiger partial charge < -0.3 is 15.1 Å². The first-order valence-electron chi connectivity index (χ1n) is 9.84. The Kier molecular flexibility index (Phi) is 7.88. The molecule has 2 heterocycles. The van der Waals surface area contributed by atoms with E-state index in [0.29, 0.717) is 19.5 Å². The molecule has 1 aromatic heterocycles. The molecule has 0 saturated carbocycles. The SMILES string of the molecule is CCCC(=O)N1CCCC(C(=O)NCc2ccc(N(CC)CC)nc2)C1. The summed E-state index contributed by atoms with van der Waals surface area (Å²) in [6.07, 6.45) is 4.99. The number of piperidine rings is 1. The Morgan fingerprint density at radius 2 is 2.04 bits per heavy atom. The lowest BCUT2D eigenvalue weighted by Crippen LogP contribution is -2.45. The molecule has 26 heavy (non-hydrogen) atoms. The van der Waals surface area contributed by atoms with Gasteiger partial charge >= 0.3 is 0 Å². The van der Waals surface area contributed by atoms with E-state index in [1.807, 2.05) is 30.2 Å². The molecule has 0 spiro atoms. The maximum Gasteiger partial charge on any atom is 0.225 e. The summed E-state index contributed by atoms with van der Waals surface area (Å²) in [6, 6.07) is 4.01. The van der Waals surface area contributed by atoms with Gasteiger partial charge in [0.1, 0.15) is 5.82 Å². The number of anilines is 1. The maximum atomic E-state index is 12.5. The van der Waals surface area contributed by atoms with Gasteiger partial charge in [-0.15, -0.1) is 0 Å². The van der Waals surface area contributed by atoms with Crippen molar-refractivity contribution in [3.8, 4) is 0 Å². The fourth-order valence-electron chi connectivity index (χ4n) is 3.38. The number of nitrogens with zero attached hydrogens (tertiary/aromatic N) is 3. The van der Waals surface area contributed by atoms with Crippen molar-refractivity contribution in [1.82, 2.24) is 15.2 Å². The average Bonchev–Trinajstić information content (AvgIpc) is 2.68. The van der Waals surface area contributed by atoms with Crippen LogP contribution in [0.1, 0.15) is 52.0 Å². The minimum atomic E-state index is -0.104. The zero-order valence-corrected chi connectivity index (χ0v) is 16.3. The molecule has 2 rings (SSSR count). The van der Waals surface area contributed by atoms with Crippen molar-refractivity contribution < 1.29 is 9.59 Å². The predicted molar refractivity (Wildman–Crippen MR) is 104 cm³/mol. The van der Waals surface area contributed by atoms with E-state index in [0.717, 1.165) is 50.3 Å². The van der Waals surface area contributed by atoms with Crippen LogP contribution in [-0.4, -0.2) is 47.9 Å². The molecule has 2 amide bonds. The van der Waals surface area contributed by atoms with E-state index in [-0.39, 0.29) is 17.7 Å². The first-order valence-corrected chi connectivity index (χ1v) is 9.84. The van der Waals surface area contributed by atoms with E-state index in [2.05, 4.69) is 29.0 Å². The van der Waals surface area contributed by atoms with Crippen molar-refractivity contribution in [3.63, 3.8) is 0 Å². The van der Waals surface area contributed by atoms with Crippen LogP contribution >= 0.6 is 0 Å². The molecule has 0 radical (unpaired) electrons. The fraction of sp³-hybridized carbons (Fsp3) is 0.650. The van der Waals surface area contributed by atoms with Crippen molar-refractivity contribution in [2.24, 2.45) is 5.92 Å². The number of nitrogens with one attached hydrogen (secondary N) is 1. The number of carbonyl (C=O) groups is 2. The second-order valence-corrected chi connectivity index (χ2v) is 6.84. The number of amides is 2. The third-order valence-corrected chi connectivity index (χ3v) is 4.97. The topological polar surface area (TPSA) is 65.5 Å². The predicted octanol–water partition coefficient (Wildman–Crippen LogP) is 2.58. The van der Waals surface area contributed by atoms with Crippen molar-refractivity contribution >= 4 is 17.6 Å². The van der Waals surface area contributed by atoms with Crippen LogP contribution in [0, 0.1) is 5.92 Å². The summed E-state index contributed by atoms with van der Waals surface area (Å²) in [4.78, 5) is 33.1. The normalized spacial score (nSPS) is 17.0. The molecular formula is C20H32N4O2. The van der Waals surface area contributed by atoms with Crippen molar-refractivity contribution in [1.29, 1.82) is 0 Å². The second kappa shape index (κ2) is 10.1.